The van der Waals surface area contributed by atoms with E-state index < -0.39 is 0 Å². The summed E-state index contributed by atoms with van der Waals surface area (Å²) in [6, 6.07) is 0. The van der Waals surface area contributed by atoms with E-state index in [0.29, 0.717) is 12.6 Å². The van der Waals surface area contributed by atoms with E-state index >= 15 is 0 Å². The summed E-state index contributed by atoms with van der Waals surface area (Å²) in [5.74, 6) is 4.82. The van der Waals surface area contributed by atoms with E-state index in [1.807, 2.05) is 0 Å². The highest BCUT2D eigenvalue weighted by Crippen LogP contribution is 2.57. The minimum Gasteiger partial charge on any atom is -0.371 e. The fraction of sp³-hybridized carbons (Fsp3) is 1.00. The van der Waals surface area contributed by atoms with Gasteiger partial charge in [0.25, 0.3) is 0 Å². The summed E-state index contributed by atoms with van der Waals surface area (Å²) in [6.45, 7) is 7.16. The van der Waals surface area contributed by atoms with Gasteiger partial charge in [-0.3, -0.25) is 0 Å². The van der Waals surface area contributed by atoms with Crippen LogP contribution >= 0.6 is 0 Å². The van der Waals surface area contributed by atoms with Crippen LogP contribution in [0.2, 0.25) is 0 Å². The van der Waals surface area contributed by atoms with Gasteiger partial charge in [-0.15, -0.1) is 0 Å². The first-order chi connectivity index (χ1) is 8.48. The molecular weight excluding hydrogens is 222 g/mol. The van der Waals surface area contributed by atoms with Crippen LogP contribution in [0.3, 0.4) is 0 Å². The third kappa shape index (κ3) is 2.22. The minimum atomic E-state index is -0.159. The van der Waals surface area contributed by atoms with Crippen LogP contribution < -0.4 is 5.73 Å². The first-order valence-corrected chi connectivity index (χ1v) is 7.86. The lowest BCUT2D eigenvalue weighted by Gasteiger charge is -2.56. The van der Waals surface area contributed by atoms with Gasteiger partial charge in [0.2, 0.25) is 0 Å². The third-order valence-corrected chi connectivity index (χ3v) is 5.84. The highest BCUT2D eigenvalue weighted by Gasteiger charge is 2.50. The molecule has 4 rings (SSSR count). The summed E-state index contributed by atoms with van der Waals surface area (Å²) in [6.07, 6.45) is 7.84. The molecule has 0 saturated heterocycles. The smallest absolute Gasteiger partial charge is 0.0751 e. The molecule has 0 aromatic heterocycles. The molecule has 2 N–H and O–H groups in total. The largest absolute Gasteiger partial charge is 0.371 e. The van der Waals surface area contributed by atoms with Crippen molar-refractivity contribution in [2.45, 2.75) is 64.6 Å². The molecule has 0 amide bonds. The second-order valence-electron chi connectivity index (χ2n) is 7.79. The van der Waals surface area contributed by atoms with Gasteiger partial charge in [0.15, 0.2) is 0 Å². The molecule has 2 heteroatoms. The zero-order valence-corrected chi connectivity index (χ0v) is 12.2. The van der Waals surface area contributed by atoms with Gasteiger partial charge in [-0.05, 0) is 82.5 Å². The molecule has 0 heterocycles. The van der Waals surface area contributed by atoms with Crippen molar-refractivity contribution >= 4 is 0 Å². The lowest BCUT2D eigenvalue weighted by molar-refractivity contribution is -0.146. The Balaban J connectivity index is 1.69. The normalized spacial score (nSPS) is 44.3. The molecule has 0 spiro atoms. The van der Waals surface area contributed by atoms with E-state index in [9.17, 15) is 0 Å². The molecule has 0 aromatic carbocycles. The van der Waals surface area contributed by atoms with Gasteiger partial charge in [-0.1, -0.05) is 0 Å². The van der Waals surface area contributed by atoms with Crippen molar-refractivity contribution in [2.75, 3.05) is 6.54 Å². The number of ether oxygens (including phenoxy) is 1. The van der Waals surface area contributed by atoms with E-state index in [-0.39, 0.29) is 5.60 Å². The van der Waals surface area contributed by atoms with Crippen molar-refractivity contribution < 1.29 is 4.74 Å². The van der Waals surface area contributed by atoms with Crippen molar-refractivity contribution in [3.05, 3.63) is 0 Å². The molecule has 4 bridgehead atoms. The Morgan fingerprint density at radius 1 is 1.06 bits per heavy atom. The highest BCUT2D eigenvalue weighted by atomic mass is 16.5. The molecule has 4 aliphatic rings. The maximum absolute atomic E-state index is 6.29. The fourth-order valence-electron chi connectivity index (χ4n) is 5.36. The molecule has 1 atom stereocenters. The molecule has 18 heavy (non-hydrogen) atoms. The molecule has 0 radical (unpaired) electrons. The Kier molecular flexibility index (Phi) is 3.22. The molecular formula is C16H29NO. The highest BCUT2D eigenvalue weighted by molar-refractivity contribution is 5.00. The molecule has 4 fully saturated rings. The van der Waals surface area contributed by atoms with Gasteiger partial charge in [0, 0.05) is 6.54 Å². The Bertz CT molecular complexity index is 284. The Morgan fingerprint density at radius 2 is 1.56 bits per heavy atom. The van der Waals surface area contributed by atoms with Gasteiger partial charge >= 0.3 is 0 Å². The van der Waals surface area contributed by atoms with Crippen molar-refractivity contribution in [3.63, 3.8) is 0 Å². The fourth-order valence-corrected chi connectivity index (χ4v) is 5.36. The van der Waals surface area contributed by atoms with Crippen molar-refractivity contribution in [1.29, 1.82) is 0 Å². The molecule has 104 valence electrons. The zero-order chi connectivity index (χ0) is 12.9. The van der Waals surface area contributed by atoms with Crippen LogP contribution in [-0.2, 0) is 4.74 Å². The number of rotatable bonds is 4. The monoisotopic (exact) mass is 251 g/mol. The Labute approximate surface area is 112 Å². The average Bonchev–Trinajstić information content (AvgIpc) is 2.26. The molecule has 0 aromatic rings. The van der Waals surface area contributed by atoms with Crippen LogP contribution in [0.4, 0.5) is 0 Å². The van der Waals surface area contributed by atoms with Crippen LogP contribution in [0.1, 0.15) is 52.9 Å². The topological polar surface area (TPSA) is 35.2 Å². The van der Waals surface area contributed by atoms with Gasteiger partial charge < -0.3 is 10.5 Å². The second kappa shape index (κ2) is 4.49. The second-order valence-corrected chi connectivity index (χ2v) is 7.79. The van der Waals surface area contributed by atoms with Gasteiger partial charge in [-0.2, -0.15) is 0 Å². The summed E-state index contributed by atoms with van der Waals surface area (Å²) in [5.41, 5.74) is 5.65. The van der Waals surface area contributed by atoms with Crippen molar-refractivity contribution in [3.8, 4) is 0 Å². The van der Waals surface area contributed by atoms with Gasteiger partial charge in [-0.25, -0.2) is 0 Å². The average molecular weight is 251 g/mol. The van der Waals surface area contributed by atoms with Crippen LogP contribution in [0.15, 0.2) is 0 Å². The lowest BCUT2D eigenvalue weighted by Crippen LogP contribution is -2.51. The van der Waals surface area contributed by atoms with Crippen molar-refractivity contribution in [1.82, 2.24) is 0 Å². The third-order valence-electron chi connectivity index (χ3n) is 5.84. The Hall–Kier alpha value is -0.0800. The maximum Gasteiger partial charge on any atom is 0.0751 e. The predicted octanol–water partition coefficient (Wildman–Crippen LogP) is 3.20. The lowest BCUT2D eigenvalue weighted by atomic mass is 9.51. The molecule has 2 nitrogen and oxygen atoms in total. The summed E-state index contributed by atoms with van der Waals surface area (Å²) < 4.78 is 6.29. The summed E-state index contributed by atoms with van der Waals surface area (Å²) in [7, 11) is 0. The first kappa shape index (κ1) is 12.9. The maximum atomic E-state index is 6.29. The quantitative estimate of drug-likeness (QED) is 0.832. The van der Waals surface area contributed by atoms with E-state index in [1.165, 1.54) is 32.1 Å². The van der Waals surface area contributed by atoms with Crippen LogP contribution in [0.5, 0.6) is 0 Å². The van der Waals surface area contributed by atoms with Crippen LogP contribution in [-0.4, -0.2) is 18.2 Å². The number of nitrogens with two attached hydrogens (primary N) is 1. The zero-order valence-electron chi connectivity index (χ0n) is 12.2. The molecule has 4 aliphatic carbocycles. The summed E-state index contributed by atoms with van der Waals surface area (Å²) in [5, 5.41) is 0. The SMILES string of the molecule is CC(OC(C)(C)CN)C1C2CC3CC(C2)CC1C3. The van der Waals surface area contributed by atoms with E-state index in [1.54, 1.807) is 0 Å². The standard InChI is InChI=1S/C16H29NO/c1-10(18-16(2,3)9-17)15-13-5-11-4-12(7-13)8-14(15)6-11/h10-15H,4-9,17H2,1-3H3. The Morgan fingerprint density at radius 3 is 2.00 bits per heavy atom. The van der Waals surface area contributed by atoms with Gasteiger partial charge in [0.1, 0.15) is 0 Å². The summed E-state index contributed by atoms with van der Waals surface area (Å²) in [4.78, 5) is 0. The van der Waals surface area contributed by atoms with E-state index in [2.05, 4.69) is 20.8 Å². The molecule has 1 unspecified atom stereocenters. The van der Waals surface area contributed by atoms with Crippen LogP contribution in [0, 0.1) is 29.6 Å². The van der Waals surface area contributed by atoms with Crippen molar-refractivity contribution in [2.24, 2.45) is 35.3 Å². The van der Waals surface area contributed by atoms with E-state index in [0.717, 1.165) is 29.6 Å². The molecule has 0 aliphatic heterocycles. The summed E-state index contributed by atoms with van der Waals surface area (Å²) >= 11 is 0. The number of hydrogen-bond donors (Lipinski definition) is 1. The van der Waals surface area contributed by atoms with Crippen LogP contribution in [0.25, 0.3) is 0 Å². The molecule has 4 saturated carbocycles. The number of hydrogen-bond acceptors (Lipinski definition) is 2. The van der Waals surface area contributed by atoms with Gasteiger partial charge in [0.05, 0.1) is 11.7 Å². The van der Waals surface area contributed by atoms with E-state index in [4.69, 9.17) is 10.5 Å². The predicted molar refractivity (Wildman–Crippen MR) is 74.2 cm³/mol. The minimum absolute atomic E-state index is 0.159. The first-order valence-electron chi connectivity index (χ1n) is 7.86.